The van der Waals surface area contributed by atoms with Crippen LogP contribution >= 0.6 is 23.2 Å². The molecule has 2 amide bonds. The van der Waals surface area contributed by atoms with Gasteiger partial charge in [-0.05, 0) is 38.1 Å². The number of aromatic carboxylic acids is 1. The first-order chi connectivity index (χ1) is 22.2. The van der Waals surface area contributed by atoms with Crippen molar-refractivity contribution in [2.75, 3.05) is 23.4 Å². The zero-order valence-corrected chi connectivity index (χ0v) is 27.9. The first-order valence-electron chi connectivity index (χ1n) is 12.6. The van der Waals surface area contributed by atoms with Gasteiger partial charge in [-0.25, -0.2) is 40.5 Å². The summed E-state index contributed by atoms with van der Waals surface area (Å²) in [6.45, 7) is -0.326. The van der Waals surface area contributed by atoms with Crippen LogP contribution in [0.4, 0.5) is 25.2 Å². The SMILES string of the molecule is COc1nc(C)nc(NC(=O)NS(=O)(=O)c2ccccc2C(=O)O)n1.Cc1nn(-c2cc(NS(C)(=O)=O)c(Cl)cc2Cl)c(=O)n1C(F)F. The Morgan fingerprint density at radius 1 is 1.02 bits per heavy atom. The molecule has 0 aliphatic rings. The van der Waals surface area contributed by atoms with Crippen molar-refractivity contribution in [1.29, 1.82) is 0 Å². The van der Waals surface area contributed by atoms with Gasteiger partial charge in [0.15, 0.2) is 0 Å². The number of hydrogen-bond acceptors (Lipinski definition) is 12. The summed E-state index contributed by atoms with van der Waals surface area (Å²) in [7, 11) is -6.76. The minimum Gasteiger partial charge on any atom is -0.478 e. The zero-order valence-electron chi connectivity index (χ0n) is 24.8. The van der Waals surface area contributed by atoms with Gasteiger partial charge in [0, 0.05) is 0 Å². The molecule has 4 rings (SSSR count). The van der Waals surface area contributed by atoms with Crippen molar-refractivity contribution in [3.05, 3.63) is 74.1 Å². The Morgan fingerprint density at radius 2 is 1.67 bits per heavy atom. The molecule has 0 atom stereocenters. The van der Waals surface area contributed by atoms with Gasteiger partial charge in [0.05, 0.1) is 40.3 Å². The van der Waals surface area contributed by atoms with E-state index in [4.69, 9.17) is 33.0 Å². The third kappa shape index (κ3) is 9.33. The lowest BCUT2D eigenvalue weighted by Gasteiger charge is -2.10. The number of carbonyl (C=O) groups excluding carboxylic acids is 1. The highest BCUT2D eigenvalue weighted by atomic mass is 35.5. The highest BCUT2D eigenvalue weighted by Gasteiger charge is 2.25. The zero-order chi connectivity index (χ0) is 36.1. The molecule has 24 heteroatoms. The maximum absolute atomic E-state index is 12.8. The number of carboxylic acid groups (broad SMARTS) is 1. The first-order valence-corrected chi connectivity index (χ1v) is 16.7. The van der Waals surface area contributed by atoms with Gasteiger partial charge >= 0.3 is 30.3 Å². The maximum Gasteiger partial charge on any atom is 0.355 e. The second-order valence-corrected chi connectivity index (χ2v) is 13.3. The monoisotopic (exact) mass is 753 g/mol. The number of aryl methyl sites for hydroxylation is 2. The van der Waals surface area contributed by atoms with Crippen LogP contribution in [0.2, 0.25) is 10.0 Å². The fourth-order valence-corrected chi connectivity index (χ4v) is 5.86. The molecule has 4 N–H and O–H groups in total. The minimum atomic E-state index is -4.43. The average Bonchev–Trinajstić information content (AvgIpc) is 3.26. The van der Waals surface area contributed by atoms with E-state index in [0.29, 0.717) is 4.68 Å². The summed E-state index contributed by atoms with van der Waals surface area (Å²) in [5.41, 5.74) is -1.74. The number of halogens is 4. The molecule has 0 unspecified atom stereocenters. The van der Waals surface area contributed by atoms with Crippen LogP contribution in [0, 0.1) is 13.8 Å². The molecule has 0 aliphatic carbocycles. The second kappa shape index (κ2) is 14.9. The van der Waals surface area contributed by atoms with E-state index >= 15 is 0 Å². The summed E-state index contributed by atoms with van der Waals surface area (Å²) >= 11 is 11.8. The lowest BCUT2D eigenvalue weighted by molar-refractivity contribution is 0.0639. The maximum atomic E-state index is 12.8. The van der Waals surface area contributed by atoms with Crippen LogP contribution in [0.1, 0.15) is 28.6 Å². The quantitative estimate of drug-likeness (QED) is 0.192. The summed E-state index contributed by atoms with van der Waals surface area (Å²) in [4.78, 5) is 45.8. The lowest BCUT2D eigenvalue weighted by atomic mass is 10.2. The molecule has 2 aromatic heterocycles. The topological polar surface area (TPSA) is 246 Å². The number of hydrogen-bond donors (Lipinski definition) is 4. The number of aromatic nitrogens is 6. The van der Waals surface area contributed by atoms with E-state index in [1.165, 1.54) is 39.2 Å². The van der Waals surface area contributed by atoms with E-state index < -0.39 is 54.7 Å². The van der Waals surface area contributed by atoms with Crippen LogP contribution in [0.25, 0.3) is 5.69 Å². The Bertz CT molecular complexity index is 2160. The Hall–Kier alpha value is -4.93. The number of nitrogens with zero attached hydrogens (tertiary/aromatic N) is 6. The van der Waals surface area contributed by atoms with Crippen molar-refractivity contribution in [1.82, 2.24) is 34.0 Å². The number of amides is 2. The molecule has 0 saturated heterocycles. The summed E-state index contributed by atoms with van der Waals surface area (Å²) < 4.78 is 82.2. The van der Waals surface area contributed by atoms with E-state index in [2.05, 4.69) is 30.1 Å². The smallest absolute Gasteiger partial charge is 0.355 e. The molecule has 0 saturated carbocycles. The molecule has 2 aromatic carbocycles. The number of anilines is 2. The van der Waals surface area contributed by atoms with Gasteiger partial charge in [0.25, 0.3) is 10.0 Å². The molecule has 0 aliphatic heterocycles. The van der Waals surface area contributed by atoms with Crippen molar-refractivity contribution in [2.24, 2.45) is 0 Å². The minimum absolute atomic E-state index is 0.0257. The lowest BCUT2D eigenvalue weighted by Crippen LogP contribution is -2.35. The number of alkyl halides is 2. The predicted molar refractivity (Wildman–Crippen MR) is 166 cm³/mol. The molecule has 0 fully saturated rings. The largest absolute Gasteiger partial charge is 0.478 e. The summed E-state index contributed by atoms with van der Waals surface area (Å²) in [6, 6.07) is 5.94. The van der Waals surface area contributed by atoms with E-state index in [1.54, 1.807) is 4.72 Å². The Morgan fingerprint density at radius 3 is 2.23 bits per heavy atom. The number of sulfonamides is 2. The first kappa shape index (κ1) is 37.5. The summed E-state index contributed by atoms with van der Waals surface area (Å²) in [5, 5.41) is 14.8. The fraction of sp³-hybridized carbons (Fsp3) is 0.208. The molecule has 0 spiro atoms. The molecule has 48 heavy (non-hydrogen) atoms. The molecule has 4 aromatic rings. The standard InChI is InChI=1S/C13H13N5O6S.C11H10Cl2F2N4O3S/c1-7-14-11(17-13(15-7)24-2)16-12(21)18-25(22,23)9-6-4-3-5-8(9)10(19)20;1-5-16-19(11(20)18(5)10(14)15)9-4-8(17-23(2,21)22)6(12)3-7(9)13/h3-6H,1-2H3,(H,19,20)(H2,14,15,16,17,18,21);3-4,10,17H,1-2H3. The van der Waals surface area contributed by atoms with Crippen molar-refractivity contribution < 1.29 is 45.0 Å². The van der Waals surface area contributed by atoms with Gasteiger partial charge in [-0.1, -0.05) is 35.3 Å². The Labute approximate surface area is 279 Å². The Balaban J connectivity index is 0.000000261. The van der Waals surface area contributed by atoms with E-state index in [-0.39, 0.29) is 49.6 Å². The molecule has 2 heterocycles. The van der Waals surface area contributed by atoms with Crippen LogP contribution in [0.15, 0.2) is 46.1 Å². The van der Waals surface area contributed by atoms with E-state index in [9.17, 15) is 40.0 Å². The Kier molecular flexibility index (Phi) is 11.6. The number of methoxy groups -OCH3 is 1. The van der Waals surface area contributed by atoms with Gasteiger partial charge in [0.1, 0.15) is 16.5 Å². The van der Waals surface area contributed by atoms with Gasteiger partial charge in [0.2, 0.25) is 16.0 Å². The van der Waals surface area contributed by atoms with Gasteiger partial charge in [-0.3, -0.25) is 10.0 Å². The number of carbonyl (C=O) groups is 2. The van der Waals surface area contributed by atoms with Gasteiger partial charge in [-0.2, -0.15) is 28.4 Å². The number of benzene rings is 2. The number of urea groups is 1. The van der Waals surface area contributed by atoms with E-state index in [1.807, 2.05) is 0 Å². The van der Waals surface area contributed by atoms with Crippen LogP contribution < -0.4 is 25.2 Å². The van der Waals surface area contributed by atoms with Crippen molar-refractivity contribution in [3.63, 3.8) is 0 Å². The average molecular weight is 755 g/mol. The second-order valence-electron chi connectivity index (χ2n) is 9.10. The van der Waals surface area contributed by atoms with Crippen LogP contribution in [-0.2, 0) is 20.0 Å². The molecule has 18 nitrogen and oxygen atoms in total. The molecule has 258 valence electrons. The number of nitrogens with one attached hydrogen (secondary N) is 3. The van der Waals surface area contributed by atoms with Crippen LogP contribution in [0.5, 0.6) is 6.01 Å². The number of ether oxygens (including phenoxy) is 1. The number of carboxylic acids is 1. The molecule has 0 bridgehead atoms. The highest BCUT2D eigenvalue weighted by molar-refractivity contribution is 7.92. The third-order valence-corrected chi connectivity index (χ3v) is 8.10. The fourth-order valence-electron chi connectivity index (χ4n) is 3.62. The van der Waals surface area contributed by atoms with Crippen LogP contribution in [-0.4, -0.2) is 76.6 Å². The van der Waals surface area contributed by atoms with Crippen molar-refractivity contribution >= 4 is 66.9 Å². The van der Waals surface area contributed by atoms with E-state index in [0.717, 1.165) is 24.5 Å². The van der Waals surface area contributed by atoms with Crippen molar-refractivity contribution in [2.45, 2.75) is 25.3 Å². The summed E-state index contributed by atoms with van der Waals surface area (Å²) in [6.07, 6.45) is 0.902. The van der Waals surface area contributed by atoms with Gasteiger partial charge < -0.3 is 9.84 Å². The van der Waals surface area contributed by atoms with Crippen LogP contribution in [0.3, 0.4) is 0 Å². The molecular weight excluding hydrogens is 731 g/mol. The molecular formula is C24H23Cl2F2N9O9S2. The molecule has 0 radical (unpaired) electrons. The predicted octanol–water partition coefficient (Wildman–Crippen LogP) is 2.81. The normalized spacial score (nSPS) is 11.4. The van der Waals surface area contributed by atoms with Crippen molar-refractivity contribution in [3.8, 4) is 11.7 Å². The summed E-state index contributed by atoms with van der Waals surface area (Å²) in [5.74, 6) is -1.67. The number of rotatable bonds is 9. The third-order valence-electron chi connectivity index (χ3n) is 5.50. The highest BCUT2D eigenvalue weighted by Crippen LogP contribution is 2.31. The van der Waals surface area contributed by atoms with Gasteiger partial charge in [-0.15, -0.1) is 5.10 Å².